The van der Waals surface area contributed by atoms with Gasteiger partial charge in [0.05, 0.1) is 10.6 Å². The number of carbonyl (C=O) groups excluding carboxylic acids is 1. The van der Waals surface area contributed by atoms with Crippen molar-refractivity contribution < 1.29 is 13.7 Å². The lowest BCUT2D eigenvalue weighted by atomic mass is 10.1. The number of halogens is 2. The largest absolute Gasteiger partial charge is 0.337 e. The normalized spacial score (nSPS) is 18.2. The fraction of sp³-hybridized carbons (Fsp3) is 0.357. The Morgan fingerprint density at radius 1 is 1.52 bits per heavy atom. The first-order valence-electron chi connectivity index (χ1n) is 6.63. The molecule has 0 N–H and O–H groups in total. The van der Waals surface area contributed by atoms with E-state index in [1.54, 1.807) is 6.92 Å². The van der Waals surface area contributed by atoms with E-state index in [-0.39, 0.29) is 16.6 Å². The van der Waals surface area contributed by atoms with E-state index >= 15 is 0 Å². The van der Waals surface area contributed by atoms with Gasteiger partial charge in [0, 0.05) is 6.54 Å². The Morgan fingerprint density at radius 3 is 3.00 bits per heavy atom. The fourth-order valence-electron chi connectivity index (χ4n) is 2.56. The second kappa shape index (κ2) is 5.44. The molecule has 1 fully saturated rings. The average molecular weight is 310 g/mol. The van der Waals surface area contributed by atoms with E-state index in [4.69, 9.17) is 16.1 Å². The maximum Gasteiger partial charge on any atom is 0.259 e. The second-order valence-corrected chi connectivity index (χ2v) is 5.34. The third kappa shape index (κ3) is 2.51. The van der Waals surface area contributed by atoms with E-state index < -0.39 is 11.7 Å². The van der Waals surface area contributed by atoms with Crippen molar-refractivity contribution in [3.05, 3.63) is 46.3 Å². The van der Waals surface area contributed by atoms with Gasteiger partial charge in [0.25, 0.3) is 5.91 Å². The number of aromatic nitrogens is 2. The molecule has 1 aromatic heterocycles. The minimum Gasteiger partial charge on any atom is -0.337 e. The Hall–Kier alpha value is -1.95. The highest BCUT2D eigenvalue weighted by molar-refractivity contribution is 6.33. The maximum absolute atomic E-state index is 13.9. The van der Waals surface area contributed by atoms with Crippen LogP contribution in [-0.4, -0.2) is 27.5 Å². The van der Waals surface area contributed by atoms with Gasteiger partial charge in [-0.15, -0.1) is 0 Å². The molecule has 1 aliphatic heterocycles. The molecule has 2 aromatic rings. The molecule has 1 aliphatic rings. The highest BCUT2D eigenvalue weighted by atomic mass is 35.5. The molecule has 21 heavy (non-hydrogen) atoms. The number of benzene rings is 1. The van der Waals surface area contributed by atoms with Crippen molar-refractivity contribution in [3.63, 3.8) is 0 Å². The number of amides is 1. The van der Waals surface area contributed by atoms with Crippen LogP contribution >= 0.6 is 11.6 Å². The molecule has 1 saturated heterocycles. The summed E-state index contributed by atoms with van der Waals surface area (Å²) in [6.45, 7) is 2.22. The molecule has 0 spiro atoms. The van der Waals surface area contributed by atoms with Gasteiger partial charge in [-0.05, 0) is 31.9 Å². The van der Waals surface area contributed by atoms with Crippen molar-refractivity contribution in [1.82, 2.24) is 15.0 Å². The number of hydrogen-bond acceptors (Lipinski definition) is 4. The maximum atomic E-state index is 13.9. The molecule has 0 saturated carbocycles. The molecule has 110 valence electrons. The molecular formula is C14H13ClFN3O2. The number of hydrogen-bond donors (Lipinski definition) is 0. The highest BCUT2D eigenvalue weighted by Gasteiger charge is 2.35. The van der Waals surface area contributed by atoms with E-state index in [1.165, 1.54) is 23.1 Å². The van der Waals surface area contributed by atoms with Crippen molar-refractivity contribution in [3.8, 4) is 0 Å². The number of aryl methyl sites for hydroxylation is 1. The monoisotopic (exact) mass is 309 g/mol. The molecule has 0 radical (unpaired) electrons. The van der Waals surface area contributed by atoms with Crippen LogP contribution in [-0.2, 0) is 0 Å². The van der Waals surface area contributed by atoms with Crippen LogP contribution in [0.3, 0.4) is 0 Å². The molecule has 3 rings (SSSR count). The highest BCUT2D eigenvalue weighted by Crippen LogP contribution is 2.33. The van der Waals surface area contributed by atoms with E-state index in [2.05, 4.69) is 10.1 Å². The van der Waals surface area contributed by atoms with Gasteiger partial charge in [-0.2, -0.15) is 4.98 Å². The number of likely N-dealkylation sites (tertiary alicyclic amines) is 1. The van der Waals surface area contributed by atoms with Crippen LogP contribution in [0.2, 0.25) is 5.02 Å². The molecule has 0 aliphatic carbocycles. The first-order chi connectivity index (χ1) is 10.1. The number of carbonyl (C=O) groups is 1. The Morgan fingerprint density at radius 2 is 2.33 bits per heavy atom. The molecule has 1 unspecified atom stereocenters. The van der Waals surface area contributed by atoms with Crippen LogP contribution in [0, 0.1) is 12.7 Å². The first kappa shape index (κ1) is 14.0. The minimum absolute atomic E-state index is 0.104. The third-order valence-corrected chi connectivity index (χ3v) is 3.83. The molecular weight excluding hydrogens is 297 g/mol. The predicted molar refractivity (Wildman–Crippen MR) is 73.5 cm³/mol. The van der Waals surface area contributed by atoms with E-state index in [1.807, 2.05) is 0 Å². The molecule has 1 aromatic carbocycles. The summed E-state index contributed by atoms with van der Waals surface area (Å²) >= 11 is 5.96. The second-order valence-electron chi connectivity index (χ2n) is 4.93. The summed E-state index contributed by atoms with van der Waals surface area (Å²) in [6.07, 6.45) is 1.50. The quantitative estimate of drug-likeness (QED) is 0.855. The van der Waals surface area contributed by atoms with Crippen molar-refractivity contribution in [2.75, 3.05) is 6.54 Å². The van der Waals surface area contributed by atoms with E-state index in [9.17, 15) is 9.18 Å². The number of rotatable bonds is 2. The minimum atomic E-state index is -0.625. The molecule has 7 heteroatoms. The summed E-state index contributed by atoms with van der Waals surface area (Å²) in [4.78, 5) is 18.3. The number of nitrogens with zero attached hydrogens (tertiary/aromatic N) is 3. The van der Waals surface area contributed by atoms with Gasteiger partial charge < -0.3 is 9.42 Å². The third-order valence-electron chi connectivity index (χ3n) is 3.52. The predicted octanol–water partition coefficient (Wildman–Crippen LogP) is 3.15. The first-order valence-corrected chi connectivity index (χ1v) is 7.01. The van der Waals surface area contributed by atoms with Gasteiger partial charge >= 0.3 is 0 Å². The van der Waals surface area contributed by atoms with Gasteiger partial charge in [0.1, 0.15) is 11.9 Å². The van der Waals surface area contributed by atoms with E-state index in [0.717, 1.165) is 6.42 Å². The zero-order valence-electron chi connectivity index (χ0n) is 11.3. The van der Waals surface area contributed by atoms with E-state index in [0.29, 0.717) is 24.7 Å². The van der Waals surface area contributed by atoms with Crippen molar-refractivity contribution >= 4 is 17.5 Å². The lowest BCUT2D eigenvalue weighted by Gasteiger charge is -2.22. The van der Waals surface area contributed by atoms with Crippen molar-refractivity contribution in [1.29, 1.82) is 0 Å². The van der Waals surface area contributed by atoms with Gasteiger partial charge in [0.2, 0.25) is 5.89 Å². The molecule has 1 amide bonds. The summed E-state index contributed by atoms with van der Waals surface area (Å²) in [6, 6.07) is 3.87. The Balaban J connectivity index is 1.93. The van der Waals surface area contributed by atoms with Gasteiger partial charge in [0.15, 0.2) is 5.82 Å². The van der Waals surface area contributed by atoms with Gasteiger partial charge in [-0.1, -0.05) is 22.8 Å². The summed E-state index contributed by atoms with van der Waals surface area (Å²) in [5.41, 5.74) is -0.109. The molecule has 1 atom stereocenters. The van der Waals surface area contributed by atoms with Crippen LogP contribution in [0.25, 0.3) is 0 Å². The summed E-state index contributed by atoms with van der Waals surface area (Å²) < 4.78 is 19.0. The van der Waals surface area contributed by atoms with Gasteiger partial charge in [-0.25, -0.2) is 4.39 Å². The van der Waals surface area contributed by atoms with Crippen molar-refractivity contribution in [2.24, 2.45) is 0 Å². The lowest BCUT2D eigenvalue weighted by molar-refractivity contribution is 0.0705. The zero-order valence-corrected chi connectivity index (χ0v) is 12.1. The fourth-order valence-corrected chi connectivity index (χ4v) is 2.80. The van der Waals surface area contributed by atoms with Crippen LogP contribution < -0.4 is 0 Å². The van der Waals surface area contributed by atoms with Gasteiger partial charge in [-0.3, -0.25) is 4.79 Å². The summed E-state index contributed by atoms with van der Waals surface area (Å²) in [7, 11) is 0. The summed E-state index contributed by atoms with van der Waals surface area (Å²) in [5.74, 6) is -0.185. The average Bonchev–Trinajstić information content (AvgIpc) is 3.06. The topological polar surface area (TPSA) is 59.2 Å². The smallest absolute Gasteiger partial charge is 0.259 e. The SMILES string of the molecule is Cc1noc(C2CCCN2C(=O)c2c(F)cccc2Cl)n1. The van der Waals surface area contributed by atoms with Crippen LogP contribution in [0.5, 0.6) is 0 Å². The van der Waals surface area contributed by atoms with Crippen LogP contribution in [0.15, 0.2) is 22.7 Å². The Bertz CT molecular complexity index is 668. The standard InChI is InChI=1S/C14H13ClFN3O2/c1-8-17-13(21-18-8)11-6-3-7-19(11)14(20)12-9(15)4-2-5-10(12)16/h2,4-5,11H,3,6-7H2,1H3. The molecule has 2 heterocycles. The molecule has 0 bridgehead atoms. The van der Waals surface area contributed by atoms with Crippen LogP contribution in [0.4, 0.5) is 4.39 Å². The Kier molecular flexibility index (Phi) is 3.63. The Labute approximate surface area is 125 Å². The molecule has 5 nitrogen and oxygen atoms in total. The van der Waals surface area contributed by atoms with Crippen LogP contribution in [0.1, 0.15) is 41.0 Å². The lowest BCUT2D eigenvalue weighted by Crippen LogP contribution is -2.31. The zero-order chi connectivity index (χ0) is 15.0. The summed E-state index contributed by atoms with van der Waals surface area (Å²) in [5, 5.41) is 3.84. The van der Waals surface area contributed by atoms with Crippen molar-refractivity contribution in [2.45, 2.75) is 25.8 Å².